The summed E-state index contributed by atoms with van der Waals surface area (Å²) in [5.41, 5.74) is 3.45. The summed E-state index contributed by atoms with van der Waals surface area (Å²) in [6.07, 6.45) is -1.12. The van der Waals surface area contributed by atoms with E-state index in [4.69, 9.17) is 0 Å². The Kier molecular flexibility index (Phi) is 5.06. The number of alkyl halides is 4. The molecule has 1 amide bonds. The van der Waals surface area contributed by atoms with Gasteiger partial charge in [-0.1, -0.05) is 0 Å². The lowest BCUT2D eigenvalue weighted by Crippen LogP contribution is -2.48. The summed E-state index contributed by atoms with van der Waals surface area (Å²) in [7, 11) is 0. The molecule has 2 aliphatic heterocycles. The molecule has 1 aliphatic carbocycles. The summed E-state index contributed by atoms with van der Waals surface area (Å²) >= 11 is 0. The highest BCUT2D eigenvalue weighted by molar-refractivity contribution is 5.78. The predicted molar refractivity (Wildman–Crippen MR) is 105 cm³/mol. The smallest absolute Gasteiger partial charge is 0.280 e. The van der Waals surface area contributed by atoms with Gasteiger partial charge < -0.3 is 9.80 Å². The number of nitrogens with zero attached hydrogens (tertiary/aromatic N) is 4. The van der Waals surface area contributed by atoms with Crippen LogP contribution < -0.4 is 4.90 Å². The molecule has 5 nitrogen and oxygen atoms in total. The summed E-state index contributed by atoms with van der Waals surface area (Å²) in [6, 6.07) is 3.06. The third kappa shape index (κ3) is 3.64. The average Bonchev–Trinajstić information content (AvgIpc) is 3.35. The highest BCUT2D eigenvalue weighted by atomic mass is 19.3. The molecule has 0 spiro atoms. The van der Waals surface area contributed by atoms with Crippen molar-refractivity contribution >= 4 is 11.6 Å². The second-order valence-electron chi connectivity index (χ2n) is 8.50. The van der Waals surface area contributed by atoms with Crippen LogP contribution in [0, 0.1) is 5.92 Å². The molecule has 0 bridgehead atoms. The van der Waals surface area contributed by atoms with Crippen LogP contribution in [0.1, 0.15) is 59.5 Å². The van der Waals surface area contributed by atoms with Crippen molar-refractivity contribution < 1.29 is 22.4 Å². The Hall–Kier alpha value is -2.71. The van der Waals surface area contributed by atoms with Gasteiger partial charge in [0.05, 0.1) is 0 Å². The third-order valence-corrected chi connectivity index (χ3v) is 6.51. The fourth-order valence-electron chi connectivity index (χ4n) is 4.93. The van der Waals surface area contributed by atoms with Crippen molar-refractivity contribution in [1.82, 2.24) is 14.9 Å². The second kappa shape index (κ2) is 7.76. The number of halogens is 4. The summed E-state index contributed by atoms with van der Waals surface area (Å²) in [4.78, 5) is 24.4. The van der Waals surface area contributed by atoms with E-state index in [1.54, 1.807) is 11.0 Å². The first-order valence-corrected chi connectivity index (χ1v) is 10.5. The fraction of sp³-hybridized carbons (Fsp3) is 0.500. The van der Waals surface area contributed by atoms with E-state index in [0.717, 1.165) is 36.1 Å². The first kappa shape index (κ1) is 20.2. The normalized spacial score (nSPS) is 18.0. The Bertz CT molecular complexity index is 1020. The van der Waals surface area contributed by atoms with Gasteiger partial charge in [-0.25, -0.2) is 17.6 Å². The quantitative estimate of drug-likeness (QED) is 0.662. The molecule has 164 valence electrons. The number of carbonyl (C=O) groups excluding carboxylic acids is 1. The molecule has 0 N–H and O–H groups in total. The summed E-state index contributed by atoms with van der Waals surface area (Å²) in [6.45, 7) is 1.75. The van der Waals surface area contributed by atoms with Gasteiger partial charge in [0.25, 0.3) is 12.9 Å². The van der Waals surface area contributed by atoms with Crippen molar-refractivity contribution in [1.29, 1.82) is 0 Å². The van der Waals surface area contributed by atoms with Crippen LogP contribution in [0.5, 0.6) is 0 Å². The van der Waals surface area contributed by atoms with E-state index in [1.165, 1.54) is 12.3 Å². The monoisotopic (exact) mass is 434 g/mol. The van der Waals surface area contributed by atoms with Crippen molar-refractivity contribution in [3.8, 4) is 0 Å². The van der Waals surface area contributed by atoms with Crippen molar-refractivity contribution in [2.75, 3.05) is 18.0 Å². The number of aryl methyl sites for hydroxylation is 1. The molecule has 2 aromatic rings. The van der Waals surface area contributed by atoms with Crippen LogP contribution >= 0.6 is 0 Å². The minimum absolute atomic E-state index is 0.0594. The number of carbonyl (C=O) groups is 1. The van der Waals surface area contributed by atoms with Crippen LogP contribution in [0.25, 0.3) is 0 Å². The zero-order valence-corrected chi connectivity index (χ0v) is 16.8. The molecular weight excluding hydrogens is 412 g/mol. The third-order valence-electron chi connectivity index (χ3n) is 6.51. The molecule has 0 atom stereocenters. The molecule has 0 radical (unpaired) electrons. The number of amides is 1. The maximum absolute atomic E-state index is 13.6. The van der Waals surface area contributed by atoms with Gasteiger partial charge in [-0.15, -0.1) is 0 Å². The van der Waals surface area contributed by atoms with E-state index in [9.17, 15) is 22.4 Å². The summed E-state index contributed by atoms with van der Waals surface area (Å²) < 4.78 is 52.8. The van der Waals surface area contributed by atoms with E-state index in [2.05, 4.69) is 9.97 Å². The van der Waals surface area contributed by atoms with Crippen LogP contribution in [-0.2, 0) is 30.7 Å². The highest BCUT2D eigenvalue weighted by Crippen LogP contribution is 2.38. The number of fused-ring (bicyclic) bond motifs is 3. The van der Waals surface area contributed by atoms with Gasteiger partial charge in [0, 0.05) is 61.7 Å². The molecule has 4 heterocycles. The standard InChI is InChI=1S/C22H22F4N4O/c23-21(24)18-7-13(4-5-27-18)29-8-12(9-29)6-19(31)30-10-15-14-2-1-3-17(14)28-20(22(25)26)16(15)11-30/h4-5,7,12,21-22H,1-3,6,8-11H2. The van der Waals surface area contributed by atoms with Gasteiger partial charge in [0.2, 0.25) is 5.91 Å². The van der Waals surface area contributed by atoms with Crippen molar-refractivity contribution in [2.45, 2.75) is 51.6 Å². The maximum Gasteiger partial charge on any atom is 0.280 e. The number of aromatic nitrogens is 2. The molecular formula is C22H22F4N4O. The molecule has 0 saturated carbocycles. The van der Waals surface area contributed by atoms with Crippen LogP contribution in [0.3, 0.4) is 0 Å². The Morgan fingerprint density at radius 3 is 2.58 bits per heavy atom. The Morgan fingerprint density at radius 1 is 1.06 bits per heavy atom. The van der Waals surface area contributed by atoms with E-state index < -0.39 is 12.9 Å². The number of hydrogen-bond donors (Lipinski definition) is 0. The zero-order chi connectivity index (χ0) is 21.7. The lowest BCUT2D eigenvalue weighted by molar-refractivity contribution is -0.133. The Labute approximate surface area is 177 Å². The topological polar surface area (TPSA) is 49.3 Å². The van der Waals surface area contributed by atoms with Crippen LogP contribution in [0.4, 0.5) is 23.2 Å². The molecule has 1 fully saturated rings. The number of hydrogen-bond acceptors (Lipinski definition) is 4. The molecule has 5 rings (SSSR count). The largest absolute Gasteiger partial charge is 0.371 e. The minimum atomic E-state index is -2.65. The SMILES string of the molecule is O=C(CC1CN(c2ccnc(C(F)F)c2)C1)N1Cc2c(C(F)F)nc3c(c2C1)CCC3. The van der Waals surface area contributed by atoms with E-state index >= 15 is 0 Å². The Balaban J connectivity index is 1.23. The lowest BCUT2D eigenvalue weighted by atomic mass is 9.95. The predicted octanol–water partition coefficient (Wildman–Crippen LogP) is 4.21. The molecule has 3 aliphatic rings. The van der Waals surface area contributed by atoms with Gasteiger partial charge in [-0.05, 0) is 42.5 Å². The molecule has 31 heavy (non-hydrogen) atoms. The van der Waals surface area contributed by atoms with E-state index in [0.29, 0.717) is 37.3 Å². The first-order valence-electron chi connectivity index (χ1n) is 10.5. The summed E-state index contributed by atoms with van der Waals surface area (Å²) in [5, 5.41) is 0. The van der Waals surface area contributed by atoms with Crippen molar-refractivity contribution in [3.63, 3.8) is 0 Å². The molecule has 0 aromatic carbocycles. The van der Waals surface area contributed by atoms with E-state index in [-0.39, 0.29) is 29.8 Å². The second-order valence-corrected chi connectivity index (χ2v) is 8.50. The zero-order valence-electron chi connectivity index (χ0n) is 16.8. The number of pyridine rings is 2. The maximum atomic E-state index is 13.6. The van der Waals surface area contributed by atoms with Gasteiger partial charge in [0.1, 0.15) is 11.4 Å². The van der Waals surface area contributed by atoms with Crippen LogP contribution in [0.15, 0.2) is 18.3 Å². The molecule has 2 aromatic heterocycles. The van der Waals surface area contributed by atoms with Crippen LogP contribution in [0.2, 0.25) is 0 Å². The fourth-order valence-corrected chi connectivity index (χ4v) is 4.93. The Morgan fingerprint density at radius 2 is 1.84 bits per heavy atom. The number of anilines is 1. The van der Waals surface area contributed by atoms with Gasteiger partial charge in [0.15, 0.2) is 0 Å². The van der Waals surface area contributed by atoms with E-state index in [1.807, 2.05) is 4.90 Å². The molecule has 1 saturated heterocycles. The minimum Gasteiger partial charge on any atom is -0.371 e. The summed E-state index contributed by atoms with van der Waals surface area (Å²) in [5.74, 6) is 0.0496. The van der Waals surface area contributed by atoms with Gasteiger partial charge >= 0.3 is 0 Å². The van der Waals surface area contributed by atoms with Gasteiger partial charge in [-0.3, -0.25) is 14.8 Å². The van der Waals surface area contributed by atoms with Crippen molar-refractivity contribution in [3.05, 3.63) is 52.1 Å². The van der Waals surface area contributed by atoms with Gasteiger partial charge in [-0.2, -0.15) is 0 Å². The first-order chi connectivity index (χ1) is 14.9. The number of rotatable bonds is 5. The molecule has 9 heteroatoms. The highest BCUT2D eigenvalue weighted by Gasteiger charge is 2.36. The van der Waals surface area contributed by atoms with Crippen molar-refractivity contribution in [2.24, 2.45) is 5.92 Å². The molecule has 0 unspecified atom stereocenters. The average molecular weight is 434 g/mol. The van der Waals surface area contributed by atoms with Crippen LogP contribution in [-0.4, -0.2) is 33.9 Å². The lowest BCUT2D eigenvalue weighted by Gasteiger charge is -2.41.